The van der Waals surface area contributed by atoms with Crippen molar-refractivity contribution in [2.75, 3.05) is 7.05 Å². The topological polar surface area (TPSA) is 71.7 Å². The number of carbonyl (C=O) groups excluding carboxylic acids is 1. The predicted octanol–water partition coefficient (Wildman–Crippen LogP) is 5.46. The molecule has 9 heteroatoms. The molecule has 0 spiro atoms. The first-order chi connectivity index (χ1) is 15.8. The van der Waals surface area contributed by atoms with Gasteiger partial charge in [0.05, 0.1) is 15.1 Å². The summed E-state index contributed by atoms with van der Waals surface area (Å²) < 4.78 is 30.6. The van der Waals surface area contributed by atoms with Crippen molar-refractivity contribution in [1.29, 1.82) is 0 Å². The van der Waals surface area contributed by atoms with E-state index in [9.17, 15) is 13.2 Å². The Labute approximate surface area is 203 Å². The van der Waals surface area contributed by atoms with Gasteiger partial charge in [-0.2, -0.15) is 9.30 Å². The summed E-state index contributed by atoms with van der Waals surface area (Å²) >= 11 is 7.55. The number of nitrogens with zero attached hydrogens (tertiary/aromatic N) is 3. The van der Waals surface area contributed by atoms with Crippen LogP contribution in [0, 0.1) is 0 Å². The smallest absolute Gasteiger partial charge is 0.279 e. The van der Waals surface area contributed by atoms with E-state index >= 15 is 0 Å². The average molecular weight is 506 g/mol. The van der Waals surface area contributed by atoms with E-state index in [2.05, 4.69) is 11.9 Å². The van der Waals surface area contributed by atoms with E-state index in [0.29, 0.717) is 15.4 Å². The Morgan fingerprint density at radius 1 is 1.15 bits per heavy atom. The second-order valence-corrected chi connectivity index (χ2v) is 11.8. The minimum atomic E-state index is -3.60. The normalized spacial score (nSPS) is 16.1. The zero-order valence-electron chi connectivity index (χ0n) is 18.8. The molecule has 0 aliphatic heterocycles. The quantitative estimate of drug-likeness (QED) is 0.446. The maximum Gasteiger partial charge on any atom is 0.279 e. The largest absolute Gasteiger partial charge is 0.316 e. The number of hydrogen-bond acceptors (Lipinski definition) is 4. The van der Waals surface area contributed by atoms with Crippen LogP contribution in [-0.2, 0) is 16.6 Å². The van der Waals surface area contributed by atoms with E-state index in [4.69, 9.17) is 11.6 Å². The lowest BCUT2D eigenvalue weighted by Crippen LogP contribution is -2.38. The van der Waals surface area contributed by atoms with Crippen molar-refractivity contribution in [1.82, 2.24) is 8.87 Å². The Kier molecular flexibility index (Phi) is 7.38. The molecule has 0 N–H and O–H groups in total. The number of aryl methyl sites for hydroxylation is 1. The molecule has 0 saturated heterocycles. The van der Waals surface area contributed by atoms with E-state index in [-0.39, 0.29) is 10.9 Å². The van der Waals surface area contributed by atoms with Gasteiger partial charge in [-0.25, -0.2) is 8.42 Å². The third-order valence-corrected chi connectivity index (χ3v) is 9.36. The van der Waals surface area contributed by atoms with Crippen LogP contribution in [0.3, 0.4) is 0 Å². The number of fused-ring (bicyclic) bond motifs is 1. The molecular formula is C24H28ClN3O3S2. The molecule has 1 aromatic heterocycles. The molecule has 1 aliphatic rings. The highest BCUT2D eigenvalue weighted by Crippen LogP contribution is 2.27. The molecule has 1 saturated carbocycles. The van der Waals surface area contributed by atoms with E-state index in [1.54, 1.807) is 19.2 Å². The average Bonchev–Trinajstić information content (AvgIpc) is 3.15. The Balaban J connectivity index is 1.61. The van der Waals surface area contributed by atoms with Crippen molar-refractivity contribution in [3.05, 3.63) is 57.9 Å². The molecule has 1 heterocycles. The van der Waals surface area contributed by atoms with Crippen LogP contribution in [-0.4, -0.2) is 36.3 Å². The van der Waals surface area contributed by atoms with Crippen LogP contribution < -0.4 is 4.80 Å². The molecule has 176 valence electrons. The number of aromatic nitrogens is 1. The Morgan fingerprint density at radius 2 is 1.85 bits per heavy atom. The number of sulfonamides is 1. The fourth-order valence-corrected chi connectivity index (χ4v) is 7.05. The fourth-order valence-electron chi connectivity index (χ4n) is 4.30. The summed E-state index contributed by atoms with van der Waals surface area (Å²) in [6, 6.07) is 11.8. The number of benzene rings is 2. The van der Waals surface area contributed by atoms with Crippen molar-refractivity contribution in [2.45, 2.75) is 62.9 Å². The van der Waals surface area contributed by atoms with E-state index < -0.39 is 15.9 Å². The lowest BCUT2D eigenvalue weighted by atomic mass is 9.96. The molecule has 3 aromatic rings. The predicted molar refractivity (Wildman–Crippen MR) is 133 cm³/mol. The van der Waals surface area contributed by atoms with Crippen LogP contribution in [0.4, 0.5) is 0 Å². The SMILES string of the molecule is CCCn1c(=NC(=O)c2ccc(S(=O)(=O)N(C)C3CCCCC3)cc2)sc2cc(Cl)ccc21. The highest BCUT2D eigenvalue weighted by Gasteiger charge is 2.29. The second-order valence-electron chi connectivity index (χ2n) is 8.40. The number of amides is 1. The van der Waals surface area contributed by atoms with Gasteiger partial charge < -0.3 is 4.57 Å². The number of thiazole rings is 1. The molecule has 1 aliphatic carbocycles. The van der Waals surface area contributed by atoms with Gasteiger partial charge in [-0.3, -0.25) is 4.79 Å². The molecule has 0 bridgehead atoms. The van der Waals surface area contributed by atoms with E-state index in [0.717, 1.165) is 55.3 Å². The molecule has 0 radical (unpaired) electrons. The lowest BCUT2D eigenvalue weighted by Gasteiger charge is -2.30. The number of rotatable bonds is 6. The first kappa shape index (κ1) is 24.1. The lowest BCUT2D eigenvalue weighted by molar-refractivity contribution is 0.0997. The first-order valence-corrected chi connectivity index (χ1v) is 13.9. The molecule has 2 aromatic carbocycles. The summed E-state index contributed by atoms with van der Waals surface area (Å²) in [7, 11) is -1.95. The molecule has 1 fully saturated rings. The summed E-state index contributed by atoms with van der Waals surface area (Å²) in [5.41, 5.74) is 1.35. The van der Waals surface area contributed by atoms with Crippen molar-refractivity contribution in [3.8, 4) is 0 Å². The van der Waals surface area contributed by atoms with Gasteiger partial charge in [-0.1, -0.05) is 49.1 Å². The fraction of sp³-hybridized carbons (Fsp3) is 0.417. The minimum absolute atomic E-state index is 0.0375. The Hall–Kier alpha value is -2.00. The maximum absolute atomic E-state index is 13.1. The number of hydrogen-bond donors (Lipinski definition) is 0. The molecule has 4 rings (SSSR count). The van der Waals surface area contributed by atoms with Gasteiger partial charge in [0.15, 0.2) is 4.80 Å². The molecule has 1 amide bonds. The van der Waals surface area contributed by atoms with Gasteiger partial charge in [-0.15, -0.1) is 0 Å². The van der Waals surface area contributed by atoms with Gasteiger partial charge in [-0.05, 0) is 61.7 Å². The third-order valence-electron chi connectivity index (χ3n) is 6.16. The monoisotopic (exact) mass is 505 g/mol. The third kappa shape index (κ3) is 5.09. The molecule has 6 nitrogen and oxygen atoms in total. The Bertz CT molecular complexity index is 1320. The first-order valence-electron chi connectivity index (χ1n) is 11.3. The molecular weight excluding hydrogens is 478 g/mol. The summed E-state index contributed by atoms with van der Waals surface area (Å²) in [6.07, 6.45) is 5.96. The summed E-state index contributed by atoms with van der Waals surface area (Å²) in [6.45, 7) is 2.81. The number of halogens is 1. The number of carbonyl (C=O) groups is 1. The van der Waals surface area contributed by atoms with Crippen LogP contribution in [0.15, 0.2) is 52.4 Å². The van der Waals surface area contributed by atoms with Gasteiger partial charge in [0.2, 0.25) is 10.0 Å². The van der Waals surface area contributed by atoms with Crippen molar-refractivity contribution < 1.29 is 13.2 Å². The van der Waals surface area contributed by atoms with Crippen molar-refractivity contribution in [2.24, 2.45) is 4.99 Å². The zero-order chi connectivity index (χ0) is 23.6. The van der Waals surface area contributed by atoms with Crippen LogP contribution in [0.25, 0.3) is 10.2 Å². The summed E-state index contributed by atoms with van der Waals surface area (Å²) in [4.78, 5) is 18.1. The maximum atomic E-state index is 13.1. The minimum Gasteiger partial charge on any atom is -0.316 e. The van der Waals surface area contributed by atoms with Crippen LogP contribution in [0.2, 0.25) is 5.02 Å². The van der Waals surface area contributed by atoms with Crippen LogP contribution in [0.1, 0.15) is 55.8 Å². The van der Waals surface area contributed by atoms with Gasteiger partial charge in [0, 0.05) is 30.2 Å². The van der Waals surface area contributed by atoms with Gasteiger partial charge >= 0.3 is 0 Å². The summed E-state index contributed by atoms with van der Waals surface area (Å²) in [5, 5.41) is 0.639. The van der Waals surface area contributed by atoms with Crippen molar-refractivity contribution in [3.63, 3.8) is 0 Å². The van der Waals surface area contributed by atoms with Crippen molar-refractivity contribution >= 4 is 49.1 Å². The highest BCUT2D eigenvalue weighted by molar-refractivity contribution is 7.89. The van der Waals surface area contributed by atoms with Gasteiger partial charge in [0.25, 0.3) is 5.91 Å². The van der Waals surface area contributed by atoms with Crippen LogP contribution >= 0.6 is 22.9 Å². The van der Waals surface area contributed by atoms with E-state index in [1.165, 1.54) is 27.8 Å². The standard InChI is InChI=1S/C24H28ClN3O3S2/c1-3-15-28-21-14-11-18(25)16-22(21)32-24(28)26-23(29)17-9-12-20(13-10-17)33(30,31)27(2)19-7-5-4-6-8-19/h9-14,16,19H,3-8,15H2,1-2H3. The second kappa shape index (κ2) is 10.1. The van der Waals surface area contributed by atoms with Crippen LogP contribution in [0.5, 0.6) is 0 Å². The van der Waals surface area contributed by atoms with E-state index in [1.807, 2.05) is 22.8 Å². The highest BCUT2D eigenvalue weighted by atomic mass is 35.5. The zero-order valence-corrected chi connectivity index (χ0v) is 21.2. The Morgan fingerprint density at radius 3 is 2.52 bits per heavy atom. The molecule has 0 atom stereocenters. The molecule has 33 heavy (non-hydrogen) atoms. The molecule has 0 unspecified atom stereocenters. The van der Waals surface area contributed by atoms with Gasteiger partial charge in [0.1, 0.15) is 0 Å². The summed E-state index contributed by atoms with van der Waals surface area (Å²) in [5.74, 6) is -0.401.